The number of likely N-dealkylation sites (N-methyl/N-ethyl adjacent to an activating group) is 1. The van der Waals surface area contributed by atoms with Crippen LogP contribution in [0.1, 0.15) is 24.5 Å². The highest BCUT2D eigenvalue weighted by Gasteiger charge is 2.10. The number of nitrogens with one attached hydrogen (secondary N) is 1. The van der Waals surface area contributed by atoms with Crippen molar-refractivity contribution in [1.82, 2.24) is 5.32 Å². The number of ether oxygens (including phenoxy) is 2. The third-order valence-electron chi connectivity index (χ3n) is 4.67. The summed E-state index contributed by atoms with van der Waals surface area (Å²) in [5.74, 6) is -0.147. The number of hydrogen-bond acceptors (Lipinski definition) is 5. The second kappa shape index (κ2) is 11.7. The van der Waals surface area contributed by atoms with E-state index >= 15 is 0 Å². The van der Waals surface area contributed by atoms with E-state index in [1.165, 1.54) is 12.7 Å². The van der Waals surface area contributed by atoms with Crippen LogP contribution in [-0.2, 0) is 16.0 Å². The second-order valence-electron chi connectivity index (χ2n) is 6.94. The summed E-state index contributed by atoms with van der Waals surface area (Å²) in [6.45, 7) is 6.08. The first-order chi connectivity index (χ1) is 14.4. The molecule has 2 aromatic carbocycles. The summed E-state index contributed by atoms with van der Waals surface area (Å²) >= 11 is 0. The van der Waals surface area contributed by atoms with E-state index in [2.05, 4.69) is 42.3 Å². The molecule has 0 radical (unpaired) electrons. The highest BCUT2D eigenvalue weighted by molar-refractivity contribution is 5.77. The first kappa shape index (κ1) is 23.1. The molecule has 2 aromatic rings. The SMILES string of the molecule is CCN(CCNC(=O)COc1ccc(CCC(=O)O)cc1OC)c1cccc(C)c1. The van der Waals surface area contributed by atoms with Crippen molar-refractivity contribution in [1.29, 1.82) is 0 Å². The number of carbonyl (C=O) groups excluding carboxylic acids is 1. The minimum absolute atomic E-state index is 0.0447. The first-order valence-corrected chi connectivity index (χ1v) is 10.0. The molecule has 0 fully saturated rings. The van der Waals surface area contributed by atoms with Crippen molar-refractivity contribution in [2.75, 3.05) is 38.3 Å². The van der Waals surface area contributed by atoms with Crippen molar-refractivity contribution >= 4 is 17.6 Å². The van der Waals surface area contributed by atoms with Crippen LogP contribution in [0.5, 0.6) is 11.5 Å². The summed E-state index contributed by atoms with van der Waals surface area (Å²) in [6.07, 6.45) is 0.449. The molecule has 30 heavy (non-hydrogen) atoms. The number of nitrogens with zero attached hydrogens (tertiary/aromatic N) is 1. The molecule has 0 atom stereocenters. The van der Waals surface area contributed by atoms with Crippen molar-refractivity contribution in [3.8, 4) is 11.5 Å². The lowest BCUT2D eigenvalue weighted by Crippen LogP contribution is -2.37. The minimum Gasteiger partial charge on any atom is -0.493 e. The van der Waals surface area contributed by atoms with E-state index in [9.17, 15) is 9.59 Å². The summed E-state index contributed by atoms with van der Waals surface area (Å²) in [5, 5.41) is 11.7. The molecule has 0 aliphatic heterocycles. The van der Waals surface area contributed by atoms with Gasteiger partial charge in [0.05, 0.1) is 7.11 Å². The van der Waals surface area contributed by atoms with E-state index in [0.717, 1.165) is 17.8 Å². The van der Waals surface area contributed by atoms with Gasteiger partial charge in [0, 0.05) is 31.7 Å². The molecule has 0 bridgehead atoms. The molecule has 0 saturated heterocycles. The molecule has 0 aliphatic carbocycles. The molecule has 0 spiro atoms. The van der Waals surface area contributed by atoms with Crippen molar-refractivity contribution in [2.24, 2.45) is 0 Å². The van der Waals surface area contributed by atoms with Gasteiger partial charge in [-0.15, -0.1) is 0 Å². The van der Waals surface area contributed by atoms with Crippen LogP contribution < -0.4 is 19.7 Å². The molecule has 0 saturated carbocycles. The second-order valence-corrected chi connectivity index (χ2v) is 6.94. The lowest BCUT2D eigenvalue weighted by molar-refractivity contribution is -0.137. The highest BCUT2D eigenvalue weighted by Crippen LogP contribution is 2.28. The number of methoxy groups -OCH3 is 1. The van der Waals surface area contributed by atoms with Gasteiger partial charge < -0.3 is 24.8 Å². The Bertz CT molecular complexity index is 853. The number of aliphatic carboxylic acids is 1. The van der Waals surface area contributed by atoms with E-state index in [4.69, 9.17) is 14.6 Å². The van der Waals surface area contributed by atoms with Crippen LogP contribution in [0.15, 0.2) is 42.5 Å². The van der Waals surface area contributed by atoms with E-state index in [-0.39, 0.29) is 18.9 Å². The number of amides is 1. The van der Waals surface area contributed by atoms with Crippen molar-refractivity contribution < 1.29 is 24.2 Å². The summed E-state index contributed by atoms with van der Waals surface area (Å²) in [7, 11) is 1.51. The number of rotatable bonds is 12. The van der Waals surface area contributed by atoms with Gasteiger partial charge in [0.25, 0.3) is 5.91 Å². The lowest BCUT2D eigenvalue weighted by Gasteiger charge is -2.23. The summed E-state index contributed by atoms with van der Waals surface area (Å²) < 4.78 is 10.9. The average Bonchev–Trinajstić information content (AvgIpc) is 2.74. The van der Waals surface area contributed by atoms with Gasteiger partial charge in [0.15, 0.2) is 18.1 Å². The Labute approximate surface area is 177 Å². The fraction of sp³-hybridized carbons (Fsp3) is 0.391. The molecule has 7 nitrogen and oxygen atoms in total. The molecule has 162 valence electrons. The molecule has 0 aromatic heterocycles. The average molecular weight is 415 g/mol. The zero-order chi connectivity index (χ0) is 21.9. The van der Waals surface area contributed by atoms with Gasteiger partial charge in [-0.05, 0) is 55.7 Å². The van der Waals surface area contributed by atoms with Gasteiger partial charge in [0.1, 0.15) is 0 Å². The Morgan fingerprint density at radius 2 is 1.93 bits per heavy atom. The molecular weight excluding hydrogens is 384 g/mol. The highest BCUT2D eigenvalue weighted by atomic mass is 16.5. The minimum atomic E-state index is -0.852. The quantitative estimate of drug-likeness (QED) is 0.555. The smallest absolute Gasteiger partial charge is 0.303 e. The van der Waals surface area contributed by atoms with E-state index < -0.39 is 5.97 Å². The fourth-order valence-electron chi connectivity index (χ4n) is 3.06. The largest absolute Gasteiger partial charge is 0.493 e. The van der Waals surface area contributed by atoms with Gasteiger partial charge in [-0.3, -0.25) is 9.59 Å². The van der Waals surface area contributed by atoms with Crippen LogP contribution in [0, 0.1) is 6.92 Å². The molecular formula is C23H30N2O5. The normalized spacial score (nSPS) is 10.4. The standard InChI is InChI=1S/C23H30N2O5/c1-4-25(19-7-5-6-17(2)14-19)13-12-24-22(26)16-30-20-10-8-18(9-11-23(27)28)15-21(20)29-3/h5-8,10,14-15H,4,9,11-13,16H2,1-3H3,(H,24,26)(H,27,28). The number of hydrogen-bond donors (Lipinski definition) is 2. The number of aryl methyl sites for hydroxylation is 2. The van der Waals surface area contributed by atoms with Crippen molar-refractivity contribution in [3.05, 3.63) is 53.6 Å². The Morgan fingerprint density at radius 1 is 1.13 bits per heavy atom. The van der Waals surface area contributed by atoms with Crippen LogP contribution in [0.2, 0.25) is 0 Å². The molecule has 0 unspecified atom stereocenters. The topological polar surface area (TPSA) is 88.1 Å². The third-order valence-corrected chi connectivity index (χ3v) is 4.67. The number of carboxylic acid groups (broad SMARTS) is 1. The van der Waals surface area contributed by atoms with Gasteiger partial charge in [-0.25, -0.2) is 0 Å². The van der Waals surface area contributed by atoms with Gasteiger partial charge in [-0.2, -0.15) is 0 Å². The first-order valence-electron chi connectivity index (χ1n) is 10.0. The van der Waals surface area contributed by atoms with Crippen LogP contribution in [0.3, 0.4) is 0 Å². The number of carbonyl (C=O) groups is 2. The van der Waals surface area contributed by atoms with Gasteiger partial charge in [-0.1, -0.05) is 18.2 Å². The molecule has 0 aliphatic rings. The summed E-state index contributed by atoms with van der Waals surface area (Å²) in [6, 6.07) is 13.5. The molecule has 7 heteroatoms. The summed E-state index contributed by atoms with van der Waals surface area (Å²) in [5.41, 5.74) is 3.17. The third kappa shape index (κ3) is 7.31. The van der Waals surface area contributed by atoms with E-state index in [0.29, 0.717) is 31.0 Å². The maximum atomic E-state index is 12.2. The molecule has 2 rings (SSSR count). The Morgan fingerprint density at radius 3 is 2.60 bits per heavy atom. The van der Waals surface area contributed by atoms with Crippen LogP contribution in [-0.4, -0.2) is 50.3 Å². The lowest BCUT2D eigenvalue weighted by atomic mass is 10.1. The van der Waals surface area contributed by atoms with Crippen molar-refractivity contribution in [2.45, 2.75) is 26.7 Å². The van der Waals surface area contributed by atoms with Crippen molar-refractivity contribution in [3.63, 3.8) is 0 Å². The number of carboxylic acids is 1. The van der Waals surface area contributed by atoms with Crippen LogP contribution in [0.4, 0.5) is 5.69 Å². The monoisotopic (exact) mass is 414 g/mol. The Balaban J connectivity index is 1.81. The zero-order valence-corrected chi connectivity index (χ0v) is 17.8. The van der Waals surface area contributed by atoms with Crippen LogP contribution in [0.25, 0.3) is 0 Å². The molecule has 1 amide bonds. The summed E-state index contributed by atoms with van der Waals surface area (Å²) in [4.78, 5) is 25.1. The van der Waals surface area contributed by atoms with E-state index in [1.54, 1.807) is 18.2 Å². The van der Waals surface area contributed by atoms with Gasteiger partial charge >= 0.3 is 5.97 Å². The van der Waals surface area contributed by atoms with Gasteiger partial charge in [0.2, 0.25) is 0 Å². The predicted molar refractivity (Wildman–Crippen MR) is 117 cm³/mol. The molecule has 2 N–H and O–H groups in total. The fourth-order valence-corrected chi connectivity index (χ4v) is 3.06. The van der Waals surface area contributed by atoms with E-state index in [1.807, 2.05) is 6.07 Å². The Kier molecular flexibility index (Phi) is 9.00. The number of benzene rings is 2. The Hall–Kier alpha value is -3.22. The van der Waals surface area contributed by atoms with Crippen LogP contribution >= 0.6 is 0 Å². The molecule has 0 heterocycles. The predicted octanol–water partition coefficient (Wildman–Crippen LogP) is 3.04. The number of anilines is 1. The zero-order valence-electron chi connectivity index (χ0n) is 17.8. The maximum Gasteiger partial charge on any atom is 0.303 e. The maximum absolute atomic E-state index is 12.2.